The third-order valence-electron chi connectivity index (χ3n) is 2.29. The minimum atomic E-state index is -0.356. The molecule has 0 aliphatic heterocycles. The third-order valence-corrected chi connectivity index (χ3v) is 2.29. The fourth-order valence-corrected chi connectivity index (χ4v) is 1.43. The van der Waals surface area contributed by atoms with Crippen LogP contribution in [-0.2, 0) is 7.05 Å². The Morgan fingerprint density at radius 2 is 2.25 bits per heavy atom. The van der Waals surface area contributed by atoms with E-state index in [9.17, 15) is 4.39 Å². The van der Waals surface area contributed by atoms with E-state index in [-0.39, 0.29) is 17.7 Å². The monoisotopic (exact) mass is 220 g/mol. The van der Waals surface area contributed by atoms with Gasteiger partial charge in [-0.1, -0.05) is 0 Å². The molecule has 1 N–H and O–H groups in total. The Kier molecular flexibility index (Phi) is 2.85. The predicted octanol–water partition coefficient (Wildman–Crippen LogP) is 2.13. The number of nitrogens with one attached hydrogen (secondary N) is 1. The second-order valence-corrected chi connectivity index (χ2v) is 3.61. The van der Waals surface area contributed by atoms with E-state index < -0.39 is 0 Å². The first-order chi connectivity index (χ1) is 7.66. The van der Waals surface area contributed by atoms with Crippen molar-refractivity contribution >= 4 is 5.82 Å². The minimum Gasteiger partial charge on any atom is -0.359 e. The highest BCUT2D eigenvalue weighted by molar-refractivity contribution is 5.37. The van der Waals surface area contributed by atoms with Crippen LogP contribution in [0, 0.1) is 5.82 Å². The number of hydrogen-bond acceptors (Lipinski definition) is 3. The zero-order valence-corrected chi connectivity index (χ0v) is 9.18. The second-order valence-electron chi connectivity index (χ2n) is 3.61. The van der Waals surface area contributed by atoms with E-state index in [1.54, 1.807) is 16.9 Å². The smallest absolute Gasteiger partial charge is 0.165 e. The molecule has 0 aliphatic rings. The molecule has 16 heavy (non-hydrogen) atoms. The molecule has 2 aromatic rings. The number of halogens is 1. The summed E-state index contributed by atoms with van der Waals surface area (Å²) in [5, 5.41) is 7.22. The summed E-state index contributed by atoms with van der Waals surface area (Å²) in [5.41, 5.74) is 0.854. The molecule has 0 bridgehead atoms. The van der Waals surface area contributed by atoms with Gasteiger partial charge in [0.15, 0.2) is 11.6 Å². The molecule has 2 aromatic heterocycles. The van der Waals surface area contributed by atoms with Crippen LogP contribution in [0.3, 0.4) is 0 Å². The standard InChI is InChI=1S/C11H13FN4/c1-8(10-5-7-16(2)15-10)14-11-9(12)4-3-6-13-11/h3-8H,1-2H3,(H,13,14)/t8-/m0/s1. The van der Waals surface area contributed by atoms with Crippen molar-refractivity contribution in [2.75, 3.05) is 5.32 Å². The maximum absolute atomic E-state index is 13.3. The normalized spacial score (nSPS) is 12.4. The quantitative estimate of drug-likeness (QED) is 0.861. The summed E-state index contributed by atoms with van der Waals surface area (Å²) < 4.78 is 15.0. The van der Waals surface area contributed by atoms with Crippen LogP contribution in [0.15, 0.2) is 30.6 Å². The van der Waals surface area contributed by atoms with Gasteiger partial charge in [-0.25, -0.2) is 9.37 Å². The van der Waals surface area contributed by atoms with Crippen LogP contribution in [0.1, 0.15) is 18.7 Å². The van der Waals surface area contributed by atoms with Gasteiger partial charge in [-0.3, -0.25) is 4.68 Å². The van der Waals surface area contributed by atoms with Crippen LogP contribution in [0.5, 0.6) is 0 Å². The SMILES string of the molecule is C[C@H](Nc1ncccc1F)c1ccn(C)n1. The van der Waals surface area contributed by atoms with E-state index in [0.717, 1.165) is 5.69 Å². The molecule has 4 nitrogen and oxygen atoms in total. The lowest BCUT2D eigenvalue weighted by molar-refractivity contribution is 0.619. The Bertz CT molecular complexity index is 480. The number of anilines is 1. The summed E-state index contributed by atoms with van der Waals surface area (Å²) in [6.07, 6.45) is 3.40. The van der Waals surface area contributed by atoms with Crippen molar-refractivity contribution in [1.29, 1.82) is 0 Å². The summed E-state index contributed by atoms with van der Waals surface area (Å²) in [4.78, 5) is 3.93. The summed E-state index contributed by atoms with van der Waals surface area (Å²) in [6, 6.07) is 4.75. The van der Waals surface area contributed by atoms with Crippen LogP contribution in [0.25, 0.3) is 0 Å². The molecule has 5 heteroatoms. The van der Waals surface area contributed by atoms with Gasteiger partial charge in [0.25, 0.3) is 0 Å². The highest BCUT2D eigenvalue weighted by atomic mass is 19.1. The molecule has 84 valence electrons. The molecule has 2 rings (SSSR count). The topological polar surface area (TPSA) is 42.7 Å². The van der Waals surface area contributed by atoms with E-state index >= 15 is 0 Å². The Balaban J connectivity index is 2.13. The lowest BCUT2D eigenvalue weighted by Crippen LogP contribution is -2.10. The molecule has 2 heterocycles. The van der Waals surface area contributed by atoms with Crippen molar-refractivity contribution < 1.29 is 4.39 Å². The van der Waals surface area contributed by atoms with E-state index in [0.29, 0.717) is 0 Å². The molecule has 0 radical (unpaired) electrons. The largest absolute Gasteiger partial charge is 0.359 e. The number of aryl methyl sites for hydroxylation is 1. The average Bonchev–Trinajstić information content (AvgIpc) is 2.68. The highest BCUT2D eigenvalue weighted by Gasteiger charge is 2.10. The van der Waals surface area contributed by atoms with Crippen LogP contribution in [0.2, 0.25) is 0 Å². The fraction of sp³-hybridized carbons (Fsp3) is 0.273. The zero-order valence-electron chi connectivity index (χ0n) is 9.18. The molecule has 0 aliphatic carbocycles. The van der Waals surface area contributed by atoms with Crippen molar-refractivity contribution in [3.8, 4) is 0 Å². The summed E-state index contributed by atoms with van der Waals surface area (Å²) in [7, 11) is 1.84. The summed E-state index contributed by atoms with van der Waals surface area (Å²) in [6.45, 7) is 1.91. The molecule has 0 fully saturated rings. The van der Waals surface area contributed by atoms with Crippen LogP contribution >= 0.6 is 0 Å². The van der Waals surface area contributed by atoms with Crippen LogP contribution in [-0.4, -0.2) is 14.8 Å². The third kappa shape index (κ3) is 2.18. The van der Waals surface area contributed by atoms with Gasteiger partial charge in [-0.15, -0.1) is 0 Å². The van der Waals surface area contributed by atoms with Gasteiger partial charge in [0.05, 0.1) is 11.7 Å². The van der Waals surface area contributed by atoms with Gasteiger partial charge in [0.1, 0.15) is 0 Å². The zero-order chi connectivity index (χ0) is 11.5. The molecular weight excluding hydrogens is 207 g/mol. The van der Waals surface area contributed by atoms with E-state index in [1.807, 2.05) is 26.2 Å². The van der Waals surface area contributed by atoms with Crippen LogP contribution < -0.4 is 5.32 Å². The second kappa shape index (κ2) is 4.30. The maximum Gasteiger partial charge on any atom is 0.165 e. The Morgan fingerprint density at radius 1 is 1.44 bits per heavy atom. The van der Waals surface area contributed by atoms with Gasteiger partial charge in [0.2, 0.25) is 0 Å². The number of pyridine rings is 1. The molecule has 0 spiro atoms. The van der Waals surface area contributed by atoms with Crippen molar-refractivity contribution in [2.24, 2.45) is 7.05 Å². The van der Waals surface area contributed by atoms with Crippen molar-refractivity contribution in [3.63, 3.8) is 0 Å². The van der Waals surface area contributed by atoms with Crippen LogP contribution in [0.4, 0.5) is 10.2 Å². The van der Waals surface area contributed by atoms with Gasteiger partial charge < -0.3 is 5.32 Å². The molecule has 0 saturated heterocycles. The average molecular weight is 220 g/mol. The first kappa shape index (κ1) is 10.6. The van der Waals surface area contributed by atoms with E-state index in [2.05, 4.69) is 15.4 Å². The highest BCUT2D eigenvalue weighted by Crippen LogP contribution is 2.17. The Labute approximate surface area is 93.1 Å². The van der Waals surface area contributed by atoms with E-state index in [4.69, 9.17) is 0 Å². The lowest BCUT2D eigenvalue weighted by atomic mass is 10.2. The molecule has 0 unspecified atom stereocenters. The number of aromatic nitrogens is 3. The number of rotatable bonds is 3. The number of nitrogens with zero attached hydrogens (tertiary/aromatic N) is 3. The van der Waals surface area contributed by atoms with Gasteiger partial charge in [-0.05, 0) is 25.1 Å². The maximum atomic E-state index is 13.3. The molecule has 0 amide bonds. The van der Waals surface area contributed by atoms with Gasteiger partial charge in [-0.2, -0.15) is 5.10 Å². The first-order valence-electron chi connectivity index (χ1n) is 5.03. The Morgan fingerprint density at radius 3 is 2.88 bits per heavy atom. The molecule has 0 saturated carbocycles. The molecule has 0 aromatic carbocycles. The van der Waals surface area contributed by atoms with Gasteiger partial charge in [0, 0.05) is 19.4 Å². The minimum absolute atomic E-state index is 0.0781. The number of hydrogen-bond donors (Lipinski definition) is 1. The van der Waals surface area contributed by atoms with Crippen molar-refractivity contribution in [1.82, 2.24) is 14.8 Å². The summed E-state index contributed by atoms with van der Waals surface area (Å²) >= 11 is 0. The fourth-order valence-electron chi connectivity index (χ4n) is 1.43. The summed E-state index contributed by atoms with van der Waals surface area (Å²) in [5.74, 6) is -0.106. The molecule has 1 atom stereocenters. The lowest BCUT2D eigenvalue weighted by Gasteiger charge is -2.12. The van der Waals surface area contributed by atoms with Crippen molar-refractivity contribution in [2.45, 2.75) is 13.0 Å². The molecular formula is C11H13FN4. The Hall–Kier alpha value is -1.91. The van der Waals surface area contributed by atoms with E-state index in [1.165, 1.54) is 6.07 Å². The first-order valence-corrected chi connectivity index (χ1v) is 5.03. The van der Waals surface area contributed by atoms with Gasteiger partial charge >= 0.3 is 0 Å². The predicted molar refractivity (Wildman–Crippen MR) is 59.4 cm³/mol. The van der Waals surface area contributed by atoms with Crippen molar-refractivity contribution in [3.05, 3.63) is 42.1 Å².